The van der Waals surface area contributed by atoms with E-state index in [0.29, 0.717) is 12.2 Å². The molecule has 0 spiro atoms. The molecule has 3 fully saturated rings. The molecule has 1 saturated carbocycles. The van der Waals surface area contributed by atoms with Crippen LogP contribution in [-0.2, 0) is 10.2 Å². The minimum atomic E-state index is -0.957. The van der Waals surface area contributed by atoms with Crippen molar-refractivity contribution in [2.45, 2.75) is 89.4 Å². The van der Waals surface area contributed by atoms with E-state index in [1.54, 1.807) is 6.20 Å². The zero-order valence-corrected chi connectivity index (χ0v) is 18.8. The van der Waals surface area contributed by atoms with Crippen molar-refractivity contribution in [1.29, 1.82) is 0 Å². The molecule has 6 heteroatoms. The van der Waals surface area contributed by atoms with Gasteiger partial charge in [-0.3, -0.25) is 0 Å². The molecule has 1 aliphatic carbocycles. The summed E-state index contributed by atoms with van der Waals surface area (Å²) in [4.78, 5) is 20.9. The molecule has 0 radical (unpaired) electrons. The van der Waals surface area contributed by atoms with Crippen molar-refractivity contribution in [3.05, 3.63) is 23.5 Å². The van der Waals surface area contributed by atoms with Crippen molar-refractivity contribution in [1.82, 2.24) is 9.88 Å². The molecular weight excluding hydrogens is 378 g/mol. The fourth-order valence-electron chi connectivity index (χ4n) is 5.02. The minimum absolute atomic E-state index is 0.165. The number of hydrogen-bond acceptors (Lipinski definition) is 5. The number of carboxylic acid groups (broad SMARTS) is 1. The van der Waals surface area contributed by atoms with Crippen LogP contribution in [0.3, 0.4) is 0 Å². The molecule has 1 aromatic rings. The molecule has 4 rings (SSSR count). The number of carbonyl (C=O) groups is 1. The summed E-state index contributed by atoms with van der Waals surface area (Å²) in [6, 6.07) is 2.88. The largest absolute Gasteiger partial charge is 0.477 e. The van der Waals surface area contributed by atoms with Crippen LogP contribution in [-0.4, -0.2) is 65.4 Å². The van der Waals surface area contributed by atoms with E-state index < -0.39 is 5.97 Å². The van der Waals surface area contributed by atoms with E-state index in [1.165, 1.54) is 45.2 Å². The molecule has 1 aromatic heterocycles. The van der Waals surface area contributed by atoms with Crippen molar-refractivity contribution in [2.75, 3.05) is 31.1 Å². The molecule has 0 bridgehead atoms. The van der Waals surface area contributed by atoms with E-state index in [4.69, 9.17) is 4.74 Å². The Balaban J connectivity index is 1.30. The quantitative estimate of drug-likeness (QED) is 0.782. The van der Waals surface area contributed by atoms with Gasteiger partial charge in [0.25, 0.3) is 0 Å². The average Bonchev–Trinajstić information content (AvgIpc) is 2.67. The Morgan fingerprint density at radius 1 is 1.03 bits per heavy atom. The lowest BCUT2D eigenvalue weighted by Crippen LogP contribution is -2.47. The summed E-state index contributed by atoms with van der Waals surface area (Å²) in [5.74, 6) is -0.957. The number of likely N-dealkylation sites (tertiary alicyclic amines) is 1. The second-order valence-corrected chi connectivity index (χ2v) is 10.3. The third kappa shape index (κ3) is 4.80. The smallest absolute Gasteiger partial charge is 0.354 e. The van der Waals surface area contributed by atoms with Gasteiger partial charge in [-0.2, -0.15) is 0 Å². The summed E-state index contributed by atoms with van der Waals surface area (Å²) in [6.45, 7) is 10.4. The second kappa shape index (κ2) is 8.83. The number of anilines is 1. The standard InChI is InChI=1S/C24H37N3O3/c1-24(2,3)21-15-18(16-25-22(21)23(28)29)27-13-9-20(10-14-27)30-19-7-11-26(12-8-19)17-5-4-6-17/h15-17,19-20H,4-14H2,1-3H3,(H,28,29). The second-order valence-electron chi connectivity index (χ2n) is 10.3. The zero-order chi connectivity index (χ0) is 21.3. The van der Waals surface area contributed by atoms with E-state index >= 15 is 0 Å². The van der Waals surface area contributed by atoms with Crippen LogP contribution in [0, 0.1) is 0 Å². The van der Waals surface area contributed by atoms with E-state index in [-0.39, 0.29) is 11.1 Å². The maximum absolute atomic E-state index is 11.6. The topological polar surface area (TPSA) is 65.9 Å². The van der Waals surface area contributed by atoms with Gasteiger partial charge in [0.2, 0.25) is 0 Å². The third-order valence-corrected chi connectivity index (χ3v) is 7.14. The molecule has 166 valence electrons. The van der Waals surface area contributed by atoms with Crippen molar-refractivity contribution >= 4 is 11.7 Å². The maximum Gasteiger partial charge on any atom is 0.354 e. The number of pyridine rings is 1. The Morgan fingerprint density at radius 2 is 1.63 bits per heavy atom. The summed E-state index contributed by atoms with van der Waals surface area (Å²) in [5.41, 5.74) is 1.73. The number of ether oxygens (including phenoxy) is 1. The van der Waals surface area contributed by atoms with Crippen molar-refractivity contribution in [3.63, 3.8) is 0 Å². The van der Waals surface area contributed by atoms with E-state index in [2.05, 4.69) is 14.8 Å². The summed E-state index contributed by atoms with van der Waals surface area (Å²) in [5, 5.41) is 9.49. The number of aromatic nitrogens is 1. The molecule has 2 aliphatic heterocycles. The molecule has 0 atom stereocenters. The number of piperidine rings is 2. The Kier molecular flexibility index (Phi) is 6.35. The first-order valence-corrected chi connectivity index (χ1v) is 11.7. The summed E-state index contributed by atoms with van der Waals surface area (Å²) >= 11 is 0. The predicted octanol–water partition coefficient (Wildman–Crippen LogP) is 4.08. The van der Waals surface area contributed by atoms with Gasteiger partial charge in [-0.15, -0.1) is 0 Å². The number of carboxylic acids is 1. The normalized spacial score (nSPS) is 22.8. The van der Waals surface area contributed by atoms with Gasteiger partial charge in [0, 0.05) is 32.2 Å². The highest BCUT2D eigenvalue weighted by Crippen LogP contribution is 2.31. The molecule has 3 aliphatic rings. The van der Waals surface area contributed by atoms with Gasteiger partial charge in [-0.05, 0) is 55.6 Å². The SMILES string of the molecule is CC(C)(C)c1cc(N2CCC(OC3CCN(C4CCC4)CC3)CC2)cnc1C(=O)O. The summed E-state index contributed by atoms with van der Waals surface area (Å²) in [7, 11) is 0. The van der Waals surface area contributed by atoms with Crippen molar-refractivity contribution < 1.29 is 14.6 Å². The molecule has 6 nitrogen and oxygen atoms in total. The van der Waals surface area contributed by atoms with Crippen LogP contribution in [0.5, 0.6) is 0 Å². The molecule has 3 heterocycles. The Morgan fingerprint density at radius 3 is 2.13 bits per heavy atom. The van der Waals surface area contributed by atoms with Gasteiger partial charge in [-0.25, -0.2) is 9.78 Å². The summed E-state index contributed by atoms with van der Waals surface area (Å²) in [6.07, 6.45) is 11.1. The van der Waals surface area contributed by atoms with E-state index in [9.17, 15) is 9.90 Å². The lowest BCUT2D eigenvalue weighted by Gasteiger charge is -2.43. The fourth-order valence-corrected chi connectivity index (χ4v) is 5.02. The van der Waals surface area contributed by atoms with Crippen LogP contribution in [0.15, 0.2) is 12.3 Å². The highest BCUT2D eigenvalue weighted by Gasteiger charge is 2.31. The van der Waals surface area contributed by atoms with E-state index in [0.717, 1.165) is 43.2 Å². The molecule has 0 unspecified atom stereocenters. The Hall–Kier alpha value is -1.66. The summed E-state index contributed by atoms with van der Waals surface area (Å²) < 4.78 is 6.48. The number of hydrogen-bond donors (Lipinski definition) is 1. The molecule has 0 amide bonds. The van der Waals surface area contributed by atoms with Gasteiger partial charge in [0.15, 0.2) is 5.69 Å². The van der Waals surface area contributed by atoms with Crippen LogP contribution in [0.1, 0.15) is 81.8 Å². The predicted molar refractivity (Wildman–Crippen MR) is 118 cm³/mol. The number of rotatable bonds is 5. The fraction of sp³-hybridized carbons (Fsp3) is 0.750. The Bertz CT molecular complexity index is 741. The van der Waals surface area contributed by atoms with Crippen LogP contribution in [0.25, 0.3) is 0 Å². The number of nitrogens with zero attached hydrogens (tertiary/aromatic N) is 3. The van der Waals surface area contributed by atoms with Crippen LogP contribution in [0.2, 0.25) is 0 Å². The monoisotopic (exact) mass is 415 g/mol. The molecular formula is C24H37N3O3. The first kappa shape index (κ1) is 21.6. The van der Waals surface area contributed by atoms with Crippen molar-refractivity contribution in [3.8, 4) is 0 Å². The van der Waals surface area contributed by atoms with E-state index in [1.807, 2.05) is 26.8 Å². The van der Waals surface area contributed by atoms with Crippen LogP contribution >= 0.6 is 0 Å². The molecule has 0 aromatic carbocycles. The van der Waals surface area contributed by atoms with Gasteiger partial charge in [0.05, 0.1) is 24.1 Å². The van der Waals surface area contributed by atoms with Crippen molar-refractivity contribution in [2.24, 2.45) is 0 Å². The van der Waals surface area contributed by atoms with Gasteiger partial charge >= 0.3 is 5.97 Å². The average molecular weight is 416 g/mol. The third-order valence-electron chi connectivity index (χ3n) is 7.14. The minimum Gasteiger partial charge on any atom is -0.477 e. The Labute approximate surface area is 180 Å². The van der Waals surface area contributed by atoms with Crippen LogP contribution in [0.4, 0.5) is 5.69 Å². The molecule has 2 saturated heterocycles. The lowest BCUT2D eigenvalue weighted by molar-refractivity contribution is -0.0598. The lowest BCUT2D eigenvalue weighted by atomic mass is 9.85. The van der Waals surface area contributed by atoms with Gasteiger partial charge < -0.3 is 19.6 Å². The number of aromatic carboxylic acids is 1. The highest BCUT2D eigenvalue weighted by atomic mass is 16.5. The maximum atomic E-state index is 11.6. The first-order chi connectivity index (χ1) is 14.3. The first-order valence-electron chi connectivity index (χ1n) is 11.7. The molecule has 1 N–H and O–H groups in total. The zero-order valence-electron chi connectivity index (χ0n) is 18.8. The molecule has 30 heavy (non-hydrogen) atoms. The van der Waals surface area contributed by atoms with Gasteiger partial charge in [0.1, 0.15) is 0 Å². The highest BCUT2D eigenvalue weighted by molar-refractivity contribution is 5.88. The van der Waals surface area contributed by atoms with Crippen LogP contribution < -0.4 is 4.90 Å². The van der Waals surface area contributed by atoms with Gasteiger partial charge in [-0.1, -0.05) is 27.2 Å².